The van der Waals surface area contributed by atoms with Crippen LogP contribution in [0.1, 0.15) is 37.0 Å². The molecule has 1 aliphatic heterocycles. The summed E-state index contributed by atoms with van der Waals surface area (Å²) in [6.07, 6.45) is 2.40. The Morgan fingerprint density at radius 2 is 1.85 bits per heavy atom. The summed E-state index contributed by atoms with van der Waals surface area (Å²) in [6, 6.07) is 7.97. The van der Waals surface area contributed by atoms with Crippen molar-refractivity contribution in [3.05, 3.63) is 47.0 Å². The predicted molar refractivity (Wildman–Crippen MR) is 102 cm³/mol. The highest BCUT2D eigenvalue weighted by Crippen LogP contribution is 2.20. The zero-order valence-corrected chi connectivity index (χ0v) is 16.0. The van der Waals surface area contributed by atoms with Crippen LogP contribution in [0, 0.1) is 13.8 Å². The standard InChI is InChI=1S/C16H26N2.C4H4O4/c1-12(2)18(16-8-9-17-10-16)11-15-7-5-6-13(3)14(15)4;5-3(6)1-2-4(7)8/h5-7,12,16-17H,8-11H2,1-4H3;1-2H,(H,5,6)(H,7,8)/b;2-1+/t16-;/m0./s1. The lowest BCUT2D eigenvalue weighted by Crippen LogP contribution is -2.41. The van der Waals surface area contributed by atoms with Crippen LogP contribution in [0.4, 0.5) is 0 Å². The molecule has 6 nitrogen and oxygen atoms in total. The van der Waals surface area contributed by atoms with Gasteiger partial charge in [0.05, 0.1) is 0 Å². The average Bonchev–Trinajstić information content (AvgIpc) is 3.08. The first-order chi connectivity index (χ1) is 12.2. The third-order valence-electron chi connectivity index (χ3n) is 4.60. The van der Waals surface area contributed by atoms with E-state index in [1.807, 2.05) is 0 Å². The molecule has 0 amide bonds. The molecule has 1 heterocycles. The summed E-state index contributed by atoms with van der Waals surface area (Å²) in [5, 5.41) is 19.1. The van der Waals surface area contributed by atoms with E-state index in [0.29, 0.717) is 24.2 Å². The molecule has 0 radical (unpaired) electrons. The smallest absolute Gasteiger partial charge is 0.328 e. The van der Waals surface area contributed by atoms with Crippen molar-refractivity contribution < 1.29 is 19.8 Å². The van der Waals surface area contributed by atoms with Crippen molar-refractivity contribution in [3.63, 3.8) is 0 Å². The van der Waals surface area contributed by atoms with Crippen molar-refractivity contribution in [2.75, 3.05) is 13.1 Å². The molecule has 1 aromatic rings. The fourth-order valence-corrected chi connectivity index (χ4v) is 2.98. The fourth-order valence-electron chi connectivity index (χ4n) is 2.98. The summed E-state index contributed by atoms with van der Waals surface area (Å²) < 4.78 is 0. The number of hydrogen-bond donors (Lipinski definition) is 3. The van der Waals surface area contributed by atoms with Crippen molar-refractivity contribution in [2.45, 2.75) is 52.7 Å². The number of aliphatic carboxylic acids is 2. The zero-order chi connectivity index (χ0) is 19.7. The molecule has 6 heteroatoms. The van der Waals surface area contributed by atoms with Crippen molar-refractivity contribution >= 4 is 11.9 Å². The molecule has 1 aliphatic rings. The number of nitrogens with one attached hydrogen (secondary N) is 1. The number of aryl methyl sites for hydroxylation is 1. The number of benzene rings is 1. The second-order valence-corrected chi connectivity index (χ2v) is 6.78. The van der Waals surface area contributed by atoms with E-state index < -0.39 is 11.9 Å². The quantitative estimate of drug-likeness (QED) is 0.674. The summed E-state index contributed by atoms with van der Waals surface area (Å²) >= 11 is 0. The normalized spacial score (nSPS) is 16.8. The van der Waals surface area contributed by atoms with Crippen LogP contribution in [0.2, 0.25) is 0 Å². The van der Waals surface area contributed by atoms with E-state index in [4.69, 9.17) is 10.2 Å². The molecule has 26 heavy (non-hydrogen) atoms. The average molecular weight is 362 g/mol. The van der Waals surface area contributed by atoms with Gasteiger partial charge in [0.1, 0.15) is 0 Å². The predicted octanol–water partition coefficient (Wildman–Crippen LogP) is 2.59. The molecular formula is C20H30N2O4. The number of carboxylic acids is 2. The van der Waals surface area contributed by atoms with Crippen LogP contribution in [0.15, 0.2) is 30.4 Å². The van der Waals surface area contributed by atoms with Gasteiger partial charge in [-0.3, -0.25) is 4.90 Å². The van der Waals surface area contributed by atoms with Gasteiger partial charge in [0, 0.05) is 37.3 Å². The maximum atomic E-state index is 9.55. The summed E-state index contributed by atoms with van der Waals surface area (Å²) in [6.45, 7) is 12.5. The number of nitrogens with zero attached hydrogens (tertiary/aromatic N) is 1. The molecule has 1 aromatic carbocycles. The van der Waals surface area contributed by atoms with Gasteiger partial charge in [-0.2, -0.15) is 0 Å². The molecule has 0 saturated carbocycles. The molecule has 3 N–H and O–H groups in total. The highest BCUT2D eigenvalue weighted by molar-refractivity contribution is 5.89. The lowest BCUT2D eigenvalue weighted by molar-refractivity contribution is -0.134. The Morgan fingerprint density at radius 1 is 1.23 bits per heavy atom. The van der Waals surface area contributed by atoms with E-state index in [0.717, 1.165) is 13.1 Å². The molecule has 0 aromatic heterocycles. The van der Waals surface area contributed by atoms with Crippen molar-refractivity contribution in [1.82, 2.24) is 10.2 Å². The third-order valence-corrected chi connectivity index (χ3v) is 4.60. The van der Waals surface area contributed by atoms with Crippen LogP contribution in [0.25, 0.3) is 0 Å². The van der Waals surface area contributed by atoms with Crippen LogP contribution in [-0.4, -0.2) is 52.2 Å². The van der Waals surface area contributed by atoms with E-state index in [1.54, 1.807) is 0 Å². The Morgan fingerprint density at radius 3 is 2.31 bits per heavy atom. The van der Waals surface area contributed by atoms with Crippen LogP contribution >= 0.6 is 0 Å². The molecule has 2 rings (SSSR count). The van der Waals surface area contributed by atoms with Crippen LogP contribution < -0.4 is 5.32 Å². The fraction of sp³-hybridized carbons (Fsp3) is 0.500. The summed E-state index contributed by atoms with van der Waals surface area (Å²) in [7, 11) is 0. The Balaban J connectivity index is 0.000000359. The van der Waals surface area contributed by atoms with Crippen molar-refractivity contribution in [2.24, 2.45) is 0 Å². The third kappa shape index (κ3) is 7.37. The van der Waals surface area contributed by atoms with E-state index >= 15 is 0 Å². The molecule has 0 spiro atoms. The Kier molecular flexibility index (Phi) is 9.02. The Labute approximate surface area is 155 Å². The van der Waals surface area contributed by atoms with Crippen LogP contribution in [-0.2, 0) is 16.1 Å². The highest BCUT2D eigenvalue weighted by Gasteiger charge is 2.24. The zero-order valence-electron chi connectivity index (χ0n) is 16.0. The molecule has 1 fully saturated rings. The minimum absolute atomic E-state index is 0.558. The van der Waals surface area contributed by atoms with Gasteiger partial charge < -0.3 is 15.5 Å². The van der Waals surface area contributed by atoms with Crippen molar-refractivity contribution in [3.8, 4) is 0 Å². The van der Waals surface area contributed by atoms with Gasteiger partial charge >= 0.3 is 11.9 Å². The van der Waals surface area contributed by atoms with Gasteiger partial charge in [0.25, 0.3) is 0 Å². The van der Waals surface area contributed by atoms with E-state index in [9.17, 15) is 9.59 Å². The maximum Gasteiger partial charge on any atom is 0.328 e. The summed E-state index contributed by atoms with van der Waals surface area (Å²) in [5.74, 6) is -2.51. The topological polar surface area (TPSA) is 89.9 Å². The van der Waals surface area contributed by atoms with Crippen molar-refractivity contribution in [1.29, 1.82) is 0 Å². The Bertz CT molecular complexity index is 619. The molecular weight excluding hydrogens is 332 g/mol. The van der Waals surface area contributed by atoms with Gasteiger partial charge in [-0.25, -0.2) is 9.59 Å². The summed E-state index contributed by atoms with van der Waals surface area (Å²) in [5.41, 5.74) is 4.34. The SMILES string of the molecule is Cc1cccc(CN(C(C)C)[C@H]2CCNC2)c1C.O=C(O)/C=C/C(=O)O. The van der Waals surface area contributed by atoms with Gasteiger partial charge in [0.15, 0.2) is 0 Å². The molecule has 0 bridgehead atoms. The summed E-state index contributed by atoms with van der Waals surface area (Å²) in [4.78, 5) is 21.7. The van der Waals surface area contributed by atoms with Gasteiger partial charge in [0.2, 0.25) is 0 Å². The first-order valence-corrected chi connectivity index (χ1v) is 8.87. The highest BCUT2D eigenvalue weighted by atomic mass is 16.4. The maximum absolute atomic E-state index is 9.55. The lowest BCUT2D eigenvalue weighted by atomic mass is 10.0. The second-order valence-electron chi connectivity index (χ2n) is 6.78. The van der Waals surface area contributed by atoms with E-state index in [1.165, 1.54) is 29.7 Å². The molecule has 0 aliphatic carbocycles. The first-order valence-electron chi connectivity index (χ1n) is 8.87. The van der Waals surface area contributed by atoms with Gasteiger partial charge in [-0.1, -0.05) is 18.2 Å². The lowest BCUT2D eigenvalue weighted by Gasteiger charge is -2.32. The first kappa shape index (κ1) is 21.9. The van der Waals surface area contributed by atoms with E-state index in [2.05, 4.69) is 56.1 Å². The Hall–Kier alpha value is -2.18. The van der Waals surface area contributed by atoms with Crippen LogP contribution in [0.3, 0.4) is 0 Å². The van der Waals surface area contributed by atoms with Crippen LogP contribution in [0.5, 0.6) is 0 Å². The number of rotatable bonds is 6. The molecule has 144 valence electrons. The molecule has 0 unspecified atom stereocenters. The number of carbonyl (C=O) groups is 2. The van der Waals surface area contributed by atoms with Gasteiger partial charge in [-0.15, -0.1) is 0 Å². The largest absolute Gasteiger partial charge is 0.478 e. The van der Waals surface area contributed by atoms with E-state index in [-0.39, 0.29) is 0 Å². The number of carboxylic acid groups (broad SMARTS) is 2. The second kappa shape index (κ2) is 10.7. The minimum Gasteiger partial charge on any atom is -0.478 e. The number of hydrogen-bond acceptors (Lipinski definition) is 4. The van der Waals surface area contributed by atoms with Gasteiger partial charge in [-0.05, 0) is 57.4 Å². The minimum atomic E-state index is -1.26. The monoisotopic (exact) mass is 362 g/mol. The molecule has 1 atom stereocenters. The molecule has 1 saturated heterocycles.